The summed E-state index contributed by atoms with van der Waals surface area (Å²) in [6.07, 6.45) is 0.782. The van der Waals surface area contributed by atoms with Crippen LogP contribution in [0.3, 0.4) is 0 Å². The first-order valence-corrected chi connectivity index (χ1v) is 10.9. The Balaban J connectivity index is 1.68. The molecule has 0 spiro atoms. The number of halogens is 1. The molecular weight excluding hydrogens is 397 g/mol. The van der Waals surface area contributed by atoms with Crippen LogP contribution >= 0.6 is 0 Å². The van der Waals surface area contributed by atoms with Crippen molar-refractivity contribution in [2.45, 2.75) is 26.8 Å². The summed E-state index contributed by atoms with van der Waals surface area (Å²) >= 11 is 0. The highest BCUT2D eigenvalue weighted by molar-refractivity contribution is 7.86. The topological polar surface area (TPSA) is 81.6 Å². The van der Waals surface area contributed by atoms with Gasteiger partial charge in [0.15, 0.2) is 0 Å². The van der Waals surface area contributed by atoms with Crippen molar-refractivity contribution in [3.05, 3.63) is 45.5 Å². The molecule has 0 amide bonds. The van der Waals surface area contributed by atoms with E-state index < -0.39 is 16.8 Å². The monoisotopic (exact) mass is 421 g/mol. The fourth-order valence-electron chi connectivity index (χ4n) is 3.41. The van der Waals surface area contributed by atoms with Gasteiger partial charge in [-0.2, -0.15) is 0 Å². The van der Waals surface area contributed by atoms with Gasteiger partial charge in [-0.05, 0) is 38.0 Å². The van der Waals surface area contributed by atoms with E-state index in [2.05, 4.69) is 10.0 Å². The van der Waals surface area contributed by atoms with Crippen LogP contribution in [-0.4, -0.2) is 34.3 Å². The van der Waals surface area contributed by atoms with Gasteiger partial charge in [0.1, 0.15) is 29.1 Å². The Morgan fingerprint density at radius 1 is 1.28 bits per heavy atom. The van der Waals surface area contributed by atoms with Gasteiger partial charge in [0.05, 0.1) is 31.1 Å². The maximum atomic E-state index is 14.4. The first kappa shape index (κ1) is 19.9. The molecule has 1 saturated heterocycles. The van der Waals surface area contributed by atoms with Crippen molar-refractivity contribution in [3.63, 3.8) is 0 Å². The number of nitrogens with zero attached hydrogens (tertiary/aromatic N) is 1. The van der Waals surface area contributed by atoms with Crippen molar-refractivity contribution in [1.29, 1.82) is 0 Å². The van der Waals surface area contributed by atoms with E-state index in [1.807, 2.05) is 0 Å². The molecule has 2 aliphatic rings. The van der Waals surface area contributed by atoms with Gasteiger partial charge in [-0.3, -0.25) is 14.1 Å². The van der Waals surface area contributed by atoms with Crippen molar-refractivity contribution in [2.24, 2.45) is 5.92 Å². The molecule has 29 heavy (non-hydrogen) atoms. The number of pyridine rings is 1. The Kier molecular flexibility index (Phi) is 5.60. The standard InChI is InChI=1S/C20H24FN3O4S/c1-12-3-4-16(15(21)9-12)22-17-13(2)19(25)24-6-7-28-20(24)18(17)23-29(26)8-5-14-10-27-11-14/h3-4,9,14,22-23H,5-8,10-11H2,1-2H3. The predicted molar refractivity (Wildman–Crippen MR) is 111 cm³/mol. The molecule has 9 heteroatoms. The summed E-state index contributed by atoms with van der Waals surface area (Å²) in [7, 11) is -1.38. The first-order chi connectivity index (χ1) is 13.9. The molecule has 1 atom stereocenters. The maximum absolute atomic E-state index is 14.4. The van der Waals surface area contributed by atoms with Gasteiger partial charge in [0.2, 0.25) is 5.88 Å². The van der Waals surface area contributed by atoms with E-state index in [0.717, 1.165) is 12.0 Å². The smallest absolute Gasteiger partial charge is 0.258 e. The number of nitrogens with one attached hydrogen (secondary N) is 2. The highest BCUT2D eigenvalue weighted by Gasteiger charge is 2.27. The van der Waals surface area contributed by atoms with Crippen molar-refractivity contribution >= 4 is 28.0 Å². The van der Waals surface area contributed by atoms with Crippen molar-refractivity contribution in [3.8, 4) is 5.88 Å². The Morgan fingerprint density at radius 2 is 2.07 bits per heavy atom. The summed E-state index contributed by atoms with van der Waals surface area (Å²) in [5.41, 5.74) is 2.03. The third kappa shape index (κ3) is 4.02. The Bertz CT molecular complexity index is 1020. The van der Waals surface area contributed by atoms with Crippen LogP contribution in [0.25, 0.3) is 0 Å². The van der Waals surface area contributed by atoms with E-state index in [-0.39, 0.29) is 11.2 Å². The highest BCUT2D eigenvalue weighted by Crippen LogP contribution is 2.38. The second-order valence-electron chi connectivity index (χ2n) is 7.44. The van der Waals surface area contributed by atoms with Gasteiger partial charge in [0.25, 0.3) is 5.56 Å². The number of benzene rings is 1. The number of aryl methyl sites for hydroxylation is 1. The fraction of sp³-hybridized carbons (Fsp3) is 0.450. The third-order valence-corrected chi connectivity index (χ3v) is 6.26. The van der Waals surface area contributed by atoms with E-state index >= 15 is 0 Å². The molecule has 0 saturated carbocycles. The van der Waals surface area contributed by atoms with Crippen LogP contribution in [0.15, 0.2) is 23.0 Å². The van der Waals surface area contributed by atoms with Crippen LogP contribution in [0.1, 0.15) is 17.5 Å². The lowest BCUT2D eigenvalue weighted by Gasteiger charge is -2.25. The lowest BCUT2D eigenvalue weighted by Crippen LogP contribution is -2.29. The minimum Gasteiger partial charge on any atom is -0.475 e. The predicted octanol–water partition coefficient (Wildman–Crippen LogP) is 2.85. The molecule has 1 aromatic carbocycles. The Morgan fingerprint density at radius 3 is 2.76 bits per heavy atom. The summed E-state index contributed by atoms with van der Waals surface area (Å²) in [5, 5.41) is 3.01. The minimum atomic E-state index is -1.38. The average molecular weight is 421 g/mol. The van der Waals surface area contributed by atoms with Crippen LogP contribution in [0, 0.1) is 25.6 Å². The van der Waals surface area contributed by atoms with Gasteiger partial charge >= 0.3 is 0 Å². The third-order valence-electron chi connectivity index (χ3n) is 5.22. The number of rotatable bonds is 7. The lowest BCUT2D eigenvalue weighted by atomic mass is 10.1. The van der Waals surface area contributed by atoms with E-state index in [1.54, 1.807) is 26.0 Å². The summed E-state index contributed by atoms with van der Waals surface area (Å²) in [4.78, 5) is 12.7. The Hall–Kier alpha value is -2.39. The highest BCUT2D eigenvalue weighted by atomic mass is 32.2. The fourth-order valence-corrected chi connectivity index (χ4v) is 4.48. The van der Waals surface area contributed by atoms with E-state index in [4.69, 9.17) is 9.47 Å². The molecule has 0 aliphatic carbocycles. The minimum absolute atomic E-state index is 0.213. The molecule has 3 heterocycles. The van der Waals surface area contributed by atoms with Crippen LogP contribution in [0.4, 0.5) is 21.5 Å². The molecule has 4 rings (SSSR count). The molecule has 1 aromatic heterocycles. The van der Waals surface area contributed by atoms with Gasteiger partial charge in [-0.25, -0.2) is 8.60 Å². The molecule has 1 fully saturated rings. The van der Waals surface area contributed by atoms with Crippen molar-refractivity contribution < 1.29 is 18.1 Å². The van der Waals surface area contributed by atoms with Gasteiger partial charge in [-0.15, -0.1) is 0 Å². The number of aromatic nitrogens is 1. The van der Waals surface area contributed by atoms with Crippen LogP contribution in [0.2, 0.25) is 0 Å². The second kappa shape index (κ2) is 8.16. The van der Waals surface area contributed by atoms with Gasteiger partial charge in [0, 0.05) is 17.2 Å². The summed E-state index contributed by atoms with van der Waals surface area (Å²) in [5.74, 6) is 0.783. The molecular formula is C20H24FN3O4S. The van der Waals surface area contributed by atoms with Gasteiger partial charge in [-0.1, -0.05) is 6.07 Å². The average Bonchev–Trinajstić information content (AvgIpc) is 3.13. The summed E-state index contributed by atoms with van der Waals surface area (Å²) < 4.78 is 42.4. The SMILES string of the molecule is Cc1ccc(Nc2c(NS(=O)CCC3COC3)c3n(c(=O)c2C)CCO3)c(F)c1. The van der Waals surface area contributed by atoms with Crippen molar-refractivity contribution in [1.82, 2.24) is 4.57 Å². The number of hydrogen-bond donors (Lipinski definition) is 2. The van der Waals surface area contributed by atoms with Crippen LogP contribution < -0.4 is 20.3 Å². The summed E-state index contributed by atoms with van der Waals surface area (Å²) in [6.45, 7) is 5.66. The molecule has 2 N–H and O–H groups in total. The molecule has 0 radical (unpaired) electrons. The van der Waals surface area contributed by atoms with E-state index in [0.29, 0.717) is 60.9 Å². The first-order valence-electron chi connectivity index (χ1n) is 9.60. The molecule has 1 unspecified atom stereocenters. The number of ether oxygens (including phenoxy) is 2. The van der Waals surface area contributed by atoms with E-state index in [1.165, 1.54) is 10.6 Å². The quantitative estimate of drug-likeness (QED) is 0.719. The molecule has 7 nitrogen and oxygen atoms in total. The summed E-state index contributed by atoms with van der Waals surface area (Å²) in [6, 6.07) is 4.82. The Labute approximate surface area is 170 Å². The molecule has 2 aromatic rings. The molecule has 0 bridgehead atoms. The van der Waals surface area contributed by atoms with E-state index in [9.17, 15) is 13.4 Å². The second-order valence-corrected chi connectivity index (χ2v) is 8.74. The van der Waals surface area contributed by atoms with Gasteiger partial charge < -0.3 is 14.8 Å². The normalized spacial score (nSPS) is 16.7. The molecule has 156 valence electrons. The largest absolute Gasteiger partial charge is 0.475 e. The number of hydrogen-bond acceptors (Lipinski definition) is 5. The van der Waals surface area contributed by atoms with Crippen LogP contribution in [-0.2, 0) is 22.3 Å². The zero-order valence-corrected chi connectivity index (χ0v) is 17.2. The number of fused-ring (bicyclic) bond motifs is 1. The zero-order valence-electron chi connectivity index (χ0n) is 16.4. The van der Waals surface area contributed by atoms with Crippen molar-refractivity contribution in [2.75, 3.05) is 35.6 Å². The zero-order chi connectivity index (χ0) is 20.5. The maximum Gasteiger partial charge on any atom is 0.258 e. The number of anilines is 3. The lowest BCUT2D eigenvalue weighted by molar-refractivity contribution is -0.0326. The van der Waals surface area contributed by atoms with Crippen LogP contribution in [0.5, 0.6) is 5.88 Å². The molecule has 2 aliphatic heterocycles.